The van der Waals surface area contributed by atoms with Crippen molar-refractivity contribution in [3.63, 3.8) is 0 Å². The largest absolute Gasteiger partial charge is 0.451 e. The molecule has 0 spiro atoms. The summed E-state index contributed by atoms with van der Waals surface area (Å²) in [5.41, 5.74) is 0.929. The minimum absolute atomic E-state index is 0.0848. The van der Waals surface area contributed by atoms with Gasteiger partial charge in [0.05, 0.1) is 5.52 Å². The molecule has 0 radical (unpaired) electrons. The van der Waals surface area contributed by atoms with Crippen molar-refractivity contribution in [1.29, 1.82) is 0 Å². The van der Waals surface area contributed by atoms with E-state index < -0.39 is 5.97 Å². The molecular weight excluding hydrogens is 304 g/mol. The summed E-state index contributed by atoms with van der Waals surface area (Å²) in [6.07, 6.45) is 4.32. The van der Waals surface area contributed by atoms with Gasteiger partial charge in [-0.3, -0.25) is 4.79 Å². The first-order valence-corrected chi connectivity index (χ1v) is 8.42. The van der Waals surface area contributed by atoms with E-state index in [1.54, 1.807) is 6.07 Å². The molecule has 1 heterocycles. The normalized spacial score (nSPS) is 11.9. The van der Waals surface area contributed by atoms with Crippen molar-refractivity contribution in [2.45, 2.75) is 45.6 Å². The van der Waals surface area contributed by atoms with Crippen molar-refractivity contribution in [3.8, 4) is 0 Å². The molecule has 2 aromatic rings. The molecule has 5 heteroatoms. The molecule has 128 valence electrons. The van der Waals surface area contributed by atoms with Crippen molar-refractivity contribution in [2.24, 2.45) is 0 Å². The van der Waals surface area contributed by atoms with Gasteiger partial charge in [-0.15, -0.1) is 0 Å². The van der Waals surface area contributed by atoms with Crippen LogP contribution in [0.3, 0.4) is 0 Å². The molecule has 0 aliphatic rings. The fourth-order valence-electron chi connectivity index (χ4n) is 2.47. The van der Waals surface area contributed by atoms with Crippen molar-refractivity contribution in [2.75, 3.05) is 6.61 Å². The van der Waals surface area contributed by atoms with Gasteiger partial charge in [-0.2, -0.15) is 0 Å². The molecule has 1 aromatic heterocycles. The monoisotopic (exact) mass is 328 g/mol. The van der Waals surface area contributed by atoms with Crippen LogP contribution in [0, 0.1) is 0 Å². The van der Waals surface area contributed by atoms with Gasteiger partial charge in [0.15, 0.2) is 6.61 Å². The van der Waals surface area contributed by atoms with Gasteiger partial charge in [-0.1, -0.05) is 50.5 Å². The Morgan fingerprint density at radius 1 is 1.17 bits per heavy atom. The Hall–Kier alpha value is -2.43. The molecule has 1 amide bonds. The Kier molecular flexibility index (Phi) is 6.73. The number of pyridine rings is 1. The van der Waals surface area contributed by atoms with Crippen LogP contribution < -0.4 is 5.32 Å². The molecule has 0 aliphatic carbocycles. The summed E-state index contributed by atoms with van der Waals surface area (Å²) < 4.78 is 5.05. The molecule has 1 N–H and O–H groups in total. The van der Waals surface area contributed by atoms with Crippen LogP contribution in [0.4, 0.5) is 0 Å². The molecule has 0 aliphatic heterocycles. The number of hydrogen-bond acceptors (Lipinski definition) is 4. The van der Waals surface area contributed by atoms with Crippen LogP contribution in [-0.2, 0) is 9.53 Å². The Morgan fingerprint density at radius 2 is 1.96 bits per heavy atom. The third-order valence-corrected chi connectivity index (χ3v) is 3.79. The molecule has 0 unspecified atom stereocenters. The van der Waals surface area contributed by atoms with Crippen LogP contribution in [0.1, 0.15) is 50.0 Å². The van der Waals surface area contributed by atoms with Crippen molar-refractivity contribution < 1.29 is 14.3 Å². The first-order chi connectivity index (χ1) is 11.6. The Bertz CT molecular complexity index is 700. The first-order valence-electron chi connectivity index (χ1n) is 8.42. The zero-order chi connectivity index (χ0) is 17.4. The van der Waals surface area contributed by atoms with Gasteiger partial charge in [0.2, 0.25) is 0 Å². The number of ether oxygens (including phenoxy) is 1. The van der Waals surface area contributed by atoms with Crippen molar-refractivity contribution in [3.05, 3.63) is 42.1 Å². The molecule has 0 saturated carbocycles. The summed E-state index contributed by atoms with van der Waals surface area (Å²) >= 11 is 0. The average molecular weight is 328 g/mol. The zero-order valence-electron chi connectivity index (χ0n) is 14.2. The van der Waals surface area contributed by atoms with Crippen LogP contribution in [0.15, 0.2) is 36.4 Å². The molecule has 5 nitrogen and oxygen atoms in total. The number of fused-ring (bicyclic) bond motifs is 1. The van der Waals surface area contributed by atoms with Crippen LogP contribution in [0.25, 0.3) is 10.9 Å². The summed E-state index contributed by atoms with van der Waals surface area (Å²) in [6.45, 7) is 3.81. The number of carbonyl (C=O) groups is 2. The maximum absolute atomic E-state index is 12.0. The van der Waals surface area contributed by atoms with Crippen LogP contribution in [-0.4, -0.2) is 29.5 Å². The van der Waals surface area contributed by atoms with E-state index >= 15 is 0 Å². The van der Waals surface area contributed by atoms with E-state index in [9.17, 15) is 9.59 Å². The number of benzene rings is 1. The molecular formula is C19H24N2O3. The lowest BCUT2D eigenvalue weighted by atomic mass is 10.1. The number of rotatable bonds is 8. The predicted molar refractivity (Wildman–Crippen MR) is 93.8 cm³/mol. The SMILES string of the molecule is CCCCC[C@@H](C)NC(=O)COC(=O)c1ccc2ccccc2n1. The number of esters is 1. The number of hydrogen-bond donors (Lipinski definition) is 1. The van der Waals surface area contributed by atoms with E-state index in [1.807, 2.05) is 37.3 Å². The van der Waals surface area contributed by atoms with E-state index in [1.165, 1.54) is 0 Å². The second-order valence-corrected chi connectivity index (χ2v) is 5.93. The third kappa shape index (κ3) is 5.33. The highest BCUT2D eigenvalue weighted by Crippen LogP contribution is 2.12. The van der Waals surface area contributed by atoms with E-state index in [0.29, 0.717) is 0 Å². The Balaban J connectivity index is 1.82. The molecule has 1 aromatic carbocycles. The second-order valence-electron chi connectivity index (χ2n) is 5.93. The second kappa shape index (κ2) is 9.01. The number of amides is 1. The molecule has 0 saturated heterocycles. The van der Waals surface area contributed by atoms with Crippen molar-refractivity contribution in [1.82, 2.24) is 10.3 Å². The predicted octanol–water partition coefficient (Wildman–Crippen LogP) is 3.48. The topological polar surface area (TPSA) is 68.3 Å². The highest BCUT2D eigenvalue weighted by atomic mass is 16.5. The van der Waals surface area contributed by atoms with Gasteiger partial charge in [0.1, 0.15) is 5.69 Å². The minimum atomic E-state index is -0.588. The molecule has 0 bridgehead atoms. The smallest absolute Gasteiger partial charge is 0.357 e. The van der Waals surface area contributed by atoms with Gasteiger partial charge in [0.25, 0.3) is 5.91 Å². The number of nitrogens with zero attached hydrogens (tertiary/aromatic N) is 1. The lowest BCUT2D eigenvalue weighted by Crippen LogP contribution is -2.35. The van der Waals surface area contributed by atoms with E-state index in [4.69, 9.17) is 4.74 Å². The summed E-state index contributed by atoms with van der Waals surface area (Å²) in [7, 11) is 0. The minimum Gasteiger partial charge on any atom is -0.451 e. The van der Waals surface area contributed by atoms with Crippen LogP contribution >= 0.6 is 0 Å². The Labute approximate surface area is 142 Å². The average Bonchev–Trinajstić information content (AvgIpc) is 2.59. The van der Waals surface area contributed by atoms with Crippen LogP contribution in [0.5, 0.6) is 0 Å². The van der Waals surface area contributed by atoms with Gasteiger partial charge < -0.3 is 10.1 Å². The van der Waals surface area contributed by atoms with Gasteiger partial charge in [0, 0.05) is 11.4 Å². The van der Waals surface area contributed by atoms with E-state index in [-0.39, 0.29) is 24.2 Å². The highest BCUT2D eigenvalue weighted by molar-refractivity contribution is 5.92. The van der Waals surface area contributed by atoms with Gasteiger partial charge in [-0.05, 0) is 25.5 Å². The molecule has 24 heavy (non-hydrogen) atoms. The summed E-state index contributed by atoms with van der Waals surface area (Å²) in [6, 6.07) is 11.0. The number of unbranched alkanes of at least 4 members (excludes halogenated alkanes) is 2. The third-order valence-electron chi connectivity index (χ3n) is 3.79. The number of nitrogens with one attached hydrogen (secondary N) is 1. The maximum Gasteiger partial charge on any atom is 0.357 e. The molecule has 1 atom stereocenters. The summed E-state index contributed by atoms with van der Waals surface area (Å²) in [4.78, 5) is 28.1. The first kappa shape index (κ1) is 17.9. The standard InChI is InChI=1S/C19H24N2O3/c1-3-4-5-8-14(2)20-18(22)13-24-19(23)17-12-11-15-9-6-7-10-16(15)21-17/h6-7,9-12,14H,3-5,8,13H2,1-2H3,(H,20,22)/t14-/m1/s1. The fraction of sp³-hybridized carbons (Fsp3) is 0.421. The lowest BCUT2D eigenvalue weighted by Gasteiger charge is -2.13. The van der Waals surface area contributed by atoms with E-state index in [2.05, 4.69) is 17.2 Å². The Morgan fingerprint density at radius 3 is 2.75 bits per heavy atom. The summed E-state index contributed by atoms with van der Waals surface area (Å²) in [5, 5.41) is 3.79. The maximum atomic E-state index is 12.0. The quantitative estimate of drug-likeness (QED) is 0.595. The zero-order valence-corrected chi connectivity index (χ0v) is 14.2. The highest BCUT2D eigenvalue weighted by Gasteiger charge is 2.13. The number of carbonyl (C=O) groups excluding carboxylic acids is 2. The lowest BCUT2D eigenvalue weighted by molar-refractivity contribution is -0.124. The van der Waals surface area contributed by atoms with Crippen molar-refractivity contribution >= 4 is 22.8 Å². The molecule has 0 fully saturated rings. The summed E-state index contributed by atoms with van der Waals surface area (Å²) in [5.74, 6) is -0.873. The molecule has 2 rings (SSSR count). The fourth-order valence-corrected chi connectivity index (χ4v) is 2.47. The van der Waals surface area contributed by atoms with Gasteiger partial charge in [-0.25, -0.2) is 9.78 Å². The number of para-hydroxylation sites is 1. The number of aromatic nitrogens is 1. The van der Waals surface area contributed by atoms with Crippen LogP contribution in [0.2, 0.25) is 0 Å². The van der Waals surface area contributed by atoms with Gasteiger partial charge >= 0.3 is 5.97 Å². The van der Waals surface area contributed by atoms with E-state index in [0.717, 1.165) is 36.6 Å².